The van der Waals surface area contributed by atoms with Gasteiger partial charge in [-0.1, -0.05) is 18.2 Å². The Morgan fingerprint density at radius 2 is 2.21 bits per heavy atom. The van der Waals surface area contributed by atoms with Gasteiger partial charge >= 0.3 is 0 Å². The predicted octanol–water partition coefficient (Wildman–Crippen LogP) is 4.61. The molecule has 3 aliphatic rings. The molecule has 2 atom stereocenters. The maximum Gasteiger partial charge on any atom is 0.161 e. The largest absolute Gasteiger partial charge is 0.294 e. The number of hydrogen-bond donors (Lipinski definition) is 0. The molecule has 2 aliphatic heterocycles. The number of ketones is 1. The lowest BCUT2D eigenvalue weighted by Crippen LogP contribution is -2.32. The Hall–Kier alpha value is -1.68. The van der Waals surface area contributed by atoms with E-state index in [0.29, 0.717) is 18.4 Å². The average Bonchev–Trinajstić information content (AvgIpc) is 3.03. The highest BCUT2D eigenvalue weighted by Crippen LogP contribution is 2.47. The maximum absolute atomic E-state index is 14.0. The Bertz CT molecular complexity index is 780. The van der Waals surface area contributed by atoms with E-state index in [2.05, 4.69) is 6.58 Å². The first-order valence-electron chi connectivity index (χ1n) is 8.53. The minimum atomic E-state index is -0.202. The zero-order valence-electron chi connectivity index (χ0n) is 13.6. The van der Waals surface area contributed by atoms with Crippen LogP contribution in [0, 0.1) is 5.82 Å². The fourth-order valence-corrected chi connectivity index (χ4v) is 5.45. The van der Waals surface area contributed by atoms with Gasteiger partial charge in [0.25, 0.3) is 0 Å². The fourth-order valence-electron chi connectivity index (χ4n) is 4.02. The van der Waals surface area contributed by atoms with Crippen LogP contribution in [0.25, 0.3) is 0 Å². The van der Waals surface area contributed by atoms with E-state index in [1.807, 2.05) is 23.9 Å². The Labute approximate surface area is 145 Å². The number of benzene rings is 1. The van der Waals surface area contributed by atoms with Gasteiger partial charge in [-0.3, -0.25) is 9.79 Å². The summed E-state index contributed by atoms with van der Waals surface area (Å²) in [5.41, 5.74) is 4.79. The SMILES string of the molecule is C=CCc1cc(C2C3=C(CCCC3=O)N=C3CCSC32)ccc1F. The van der Waals surface area contributed by atoms with Crippen molar-refractivity contribution >= 4 is 23.3 Å². The zero-order chi connectivity index (χ0) is 16.7. The quantitative estimate of drug-likeness (QED) is 0.752. The minimum absolute atomic E-state index is 0.0250. The molecular weight excluding hydrogens is 321 g/mol. The molecule has 4 heteroatoms. The molecule has 124 valence electrons. The van der Waals surface area contributed by atoms with Gasteiger partial charge in [-0.15, -0.1) is 6.58 Å². The van der Waals surface area contributed by atoms with Crippen molar-refractivity contribution in [1.29, 1.82) is 0 Å². The predicted molar refractivity (Wildman–Crippen MR) is 97.2 cm³/mol. The van der Waals surface area contributed by atoms with E-state index in [1.54, 1.807) is 6.08 Å². The number of allylic oxidation sites excluding steroid dienone is 3. The van der Waals surface area contributed by atoms with E-state index in [-0.39, 0.29) is 22.8 Å². The molecule has 0 aromatic heterocycles. The smallest absolute Gasteiger partial charge is 0.161 e. The minimum Gasteiger partial charge on any atom is -0.294 e. The fraction of sp³-hybridized carbons (Fsp3) is 0.400. The van der Waals surface area contributed by atoms with E-state index < -0.39 is 0 Å². The van der Waals surface area contributed by atoms with Crippen molar-refractivity contribution in [3.8, 4) is 0 Å². The zero-order valence-corrected chi connectivity index (χ0v) is 14.4. The molecule has 1 fully saturated rings. The third kappa shape index (κ3) is 2.57. The van der Waals surface area contributed by atoms with Crippen LogP contribution in [-0.4, -0.2) is 22.5 Å². The van der Waals surface area contributed by atoms with Crippen molar-refractivity contribution < 1.29 is 9.18 Å². The highest BCUT2D eigenvalue weighted by Gasteiger charge is 2.42. The lowest BCUT2D eigenvalue weighted by atomic mass is 9.76. The molecular formula is C20H20FNOS. The van der Waals surface area contributed by atoms with Crippen molar-refractivity contribution in [3.63, 3.8) is 0 Å². The van der Waals surface area contributed by atoms with Crippen LogP contribution in [0.1, 0.15) is 42.7 Å². The van der Waals surface area contributed by atoms with Gasteiger partial charge in [0.1, 0.15) is 5.82 Å². The number of halogens is 1. The summed E-state index contributed by atoms with van der Waals surface area (Å²) < 4.78 is 14.0. The van der Waals surface area contributed by atoms with E-state index in [9.17, 15) is 9.18 Å². The highest BCUT2D eigenvalue weighted by molar-refractivity contribution is 8.01. The third-order valence-corrected chi connectivity index (χ3v) is 6.44. The number of carbonyl (C=O) groups is 1. The second kappa shape index (κ2) is 6.32. The molecule has 2 unspecified atom stereocenters. The summed E-state index contributed by atoms with van der Waals surface area (Å²) >= 11 is 1.88. The van der Waals surface area contributed by atoms with Gasteiger partial charge in [-0.05, 0) is 48.6 Å². The normalized spacial score (nSPS) is 26.0. The summed E-state index contributed by atoms with van der Waals surface area (Å²) in [5.74, 6) is 1.10. The summed E-state index contributed by atoms with van der Waals surface area (Å²) in [6.07, 6.45) is 5.61. The standard InChI is InChI=1S/C20H20FNOS/c1-2-4-12-11-13(7-8-14(12)21)18-19-15(5-3-6-17(19)23)22-16-9-10-24-20(16)18/h2,7-8,11,18,20H,1,3-6,9-10H2. The molecule has 4 rings (SSSR count). The lowest BCUT2D eigenvalue weighted by Gasteiger charge is -2.33. The van der Waals surface area contributed by atoms with E-state index in [0.717, 1.165) is 41.8 Å². The number of Topliss-reactive ketones (excluding diaryl/α,β-unsaturated/α-hetero) is 1. The summed E-state index contributed by atoms with van der Waals surface area (Å²) in [7, 11) is 0. The molecule has 0 spiro atoms. The van der Waals surface area contributed by atoms with Crippen molar-refractivity contribution in [3.05, 3.63) is 59.1 Å². The van der Waals surface area contributed by atoms with E-state index in [1.165, 1.54) is 11.8 Å². The van der Waals surface area contributed by atoms with Gasteiger partial charge in [0, 0.05) is 29.3 Å². The summed E-state index contributed by atoms with van der Waals surface area (Å²) in [5, 5.41) is 0.229. The van der Waals surface area contributed by atoms with Crippen LogP contribution >= 0.6 is 11.8 Å². The molecule has 0 radical (unpaired) electrons. The maximum atomic E-state index is 14.0. The monoisotopic (exact) mass is 341 g/mol. The lowest BCUT2D eigenvalue weighted by molar-refractivity contribution is -0.116. The molecule has 2 nitrogen and oxygen atoms in total. The molecule has 2 heterocycles. The van der Waals surface area contributed by atoms with Crippen LogP contribution in [0.15, 0.2) is 47.1 Å². The Kier molecular flexibility index (Phi) is 4.17. The van der Waals surface area contributed by atoms with Crippen LogP contribution in [0.4, 0.5) is 4.39 Å². The highest BCUT2D eigenvalue weighted by atomic mass is 32.2. The van der Waals surface area contributed by atoms with Gasteiger partial charge in [0.05, 0.1) is 5.25 Å². The number of carbonyl (C=O) groups excluding carboxylic acids is 1. The van der Waals surface area contributed by atoms with Crippen LogP contribution < -0.4 is 0 Å². The molecule has 0 saturated carbocycles. The first-order valence-corrected chi connectivity index (χ1v) is 9.58. The number of hydrogen-bond acceptors (Lipinski definition) is 3. The molecule has 0 amide bonds. The molecule has 1 aromatic carbocycles. The van der Waals surface area contributed by atoms with Crippen LogP contribution in [-0.2, 0) is 11.2 Å². The van der Waals surface area contributed by atoms with Gasteiger partial charge in [0.2, 0.25) is 0 Å². The van der Waals surface area contributed by atoms with Crippen LogP contribution in [0.2, 0.25) is 0 Å². The van der Waals surface area contributed by atoms with Crippen LogP contribution in [0.5, 0.6) is 0 Å². The van der Waals surface area contributed by atoms with Gasteiger partial charge in [-0.25, -0.2) is 4.39 Å². The molecule has 0 bridgehead atoms. The number of fused-ring (bicyclic) bond motifs is 1. The first-order chi connectivity index (χ1) is 11.7. The summed E-state index contributed by atoms with van der Waals surface area (Å²) in [6.45, 7) is 3.72. The number of thioether (sulfide) groups is 1. The van der Waals surface area contributed by atoms with Crippen molar-refractivity contribution in [2.45, 2.75) is 43.3 Å². The Morgan fingerprint density at radius 1 is 1.33 bits per heavy atom. The summed E-state index contributed by atoms with van der Waals surface area (Å²) in [6, 6.07) is 5.31. The molecule has 1 aliphatic carbocycles. The number of nitrogens with zero attached hydrogens (tertiary/aromatic N) is 1. The molecule has 1 aromatic rings. The molecule has 1 saturated heterocycles. The van der Waals surface area contributed by atoms with Gasteiger partial charge in [0.15, 0.2) is 5.78 Å². The van der Waals surface area contributed by atoms with Crippen molar-refractivity contribution in [1.82, 2.24) is 0 Å². The Morgan fingerprint density at radius 3 is 3.04 bits per heavy atom. The third-order valence-electron chi connectivity index (χ3n) is 5.10. The second-order valence-electron chi connectivity index (χ2n) is 6.60. The number of aliphatic imine (C=N–C) groups is 1. The van der Waals surface area contributed by atoms with Gasteiger partial charge < -0.3 is 0 Å². The molecule has 0 N–H and O–H groups in total. The van der Waals surface area contributed by atoms with E-state index in [4.69, 9.17) is 4.99 Å². The second-order valence-corrected chi connectivity index (χ2v) is 7.85. The first kappa shape index (κ1) is 15.8. The Balaban J connectivity index is 1.84. The topological polar surface area (TPSA) is 29.4 Å². The van der Waals surface area contributed by atoms with Crippen LogP contribution in [0.3, 0.4) is 0 Å². The van der Waals surface area contributed by atoms with Crippen molar-refractivity contribution in [2.24, 2.45) is 4.99 Å². The summed E-state index contributed by atoms with van der Waals surface area (Å²) in [4.78, 5) is 17.5. The van der Waals surface area contributed by atoms with Crippen molar-refractivity contribution in [2.75, 3.05) is 5.75 Å². The van der Waals surface area contributed by atoms with E-state index >= 15 is 0 Å². The van der Waals surface area contributed by atoms with Gasteiger partial charge in [-0.2, -0.15) is 11.8 Å². The average molecular weight is 341 g/mol. The molecule has 24 heavy (non-hydrogen) atoms. The number of rotatable bonds is 3.